The topological polar surface area (TPSA) is 77.9 Å². The first-order valence-corrected chi connectivity index (χ1v) is 8.60. The highest BCUT2D eigenvalue weighted by molar-refractivity contribution is 5.89. The molecule has 0 radical (unpaired) electrons. The number of alkyl halides is 3. The lowest BCUT2D eigenvalue weighted by molar-refractivity contribution is -0.142. The molecule has 2 amide bonds. The van der Waals surface area contributed by atoms with E-state index in [1.807, 2.05) is 0 Å². The van der Waals surface area contributed by atoms with Crippen LogP contribution in [0.5, 0.6) is 0 Å². The van der Waals surface area contributed by atoms with Crippen molar-refractivity contribution in [3.05, 3.63) is 35.4 Å². The molecule has 0 spiro atoms. The summed E-state index contributed by atoms with van der Waals surface area (Å²) >= 11 is 0. The van der Waals surface area contributed by atoms with E-state index in [9.17, 15) is 27.6 Å². The molecule has 0 bridgehead atoms. The summed E-state index contributed by atoms with van der Waals surface area (Å²) in [6, 6.07) is 4.77. The molecular formula is C18H20ClF3N2O4. The fourth-order valence-corrected chi connectivity index (χ4v) is 3.58. The smallest absolute Gasteiger partial charge is 0.416 e. The van der Waals surface area contributed by atoms with Crippen molar-refractivity contribution in [3.63, 3.8) is 0 Å². The molecule has 28 heavy (non-hydrogen) atoms. The van der Waals surface area contributed by atoms with Gasteiger partial charge in [-0.05, 0) is 24.1 Å². The minimum Gasteiger partial charge on any atom is -0.481 e. The van der Waals surface area contributed by atoms with E-state index in [0.717, 1.165) is 12.1 Å². The molecule has 0 saturated carbocycles. The lowest BCUT2D eigenvalue weighted by Crippen LogP contribution is -2.36. The number of carboxylic acids is 1. The normalized spacial score (nSPS) is 22.3. The lowest BCUT2D eigenvalue weighted by Gasteiger charge is -2.21. The Morgan fingerprint density at radius 1 is 1.18 bits per heavy atom. The molecule has 2 aliphatic heterocycles. The zero-order valence-corrected chi connectivity index (χ0v) is 15.6. The summed E-state index contributed by atoms with van der Waals surface area (Å²) in [5.74, 6) is -2.68. The molecule has 6 nitrogen and oxygen atoms in total. The largest absolute Gasteiger partial charge is 0.481 e. The van der Waals surface area contributed by atoms with Gasteiger partial charge in [0.2, 0.25) is 11.8 Å². The predicted molar refractivity (Wildman–Crippen MR) is 94.5 cm³/mol. The molecule has 1 N–H and O–H groups in total. The number of rotatable bonds is 4. The number of halogens is 4. The van der Waals surface area contributed by atoms with Gasteiger partial charge >= 0.3 is 12.1 Å². The van der Waals surface area contributed by atoms with Gasteiger partial charge in [0.25, 0.3) is 0 Å². The molecule has 10 heteroatoms. The van der Waals surface area contributed by atoms with Crippen LogP contribution in [-0.4, -0.2) is 52.3 Å². The van der Waals surface area contributed by atoms with Crippen LogP contribution in [0, 0.1) is 11.8 Å². The summed E-state index contributed by atoms with van der Waals surface area (Å²) in [6.07, 6.45) is -4.08. The number of hydrogen-bond acceptors (Lipinski definition) is 3. The second-order valence-corrected chi connectivity index (χ2v) is 6.98. The fraction of sp³-hybridized carbons (Fsp3) is 0.500. The molecule has 2 aliphatic rings. The monoisotopic (exact) mass is 420 g/mol. The Hall–Kier alpha value is -2.29. The number of benzene rings is 1. The van der Waals surface area contributed by atoms with Gasteiger partial charge in [0.15, 0.2) is 0 Å². The van der Waals surface area contributed by atoms with Crippen molar-refractivity contribution in [1.29, 1.82) is 0 Å². The van der Waals surface area contributed by atoms with Gasteiger partial charge in [-0.1, -0.05) is 12.1 Å². The standard InChI is InChI=1S/C18H19F3N2O4.ClH/c19-18(20,21)14-3-1-2-11(6-14)8-23-10-13(7-15(23)24)16(25)22-5-4-12(9-22)17(26)27;/h1-3,6,12-13H,4-5,7-10H2,(H,26,27);1H. The third-order valence-corrected chi connectivity index (χ3v) is 5.04. The predicted octanol–water partition coefficient (Wildman–Crippen LogP) is 2.41. The summed E-state index contributed by atoms with van der Waals surface area (Å²) in [6.45, 7) is 0.604. The second-order valence-electron chi connectivity index (χ2n) is 6.98. The molecule has 2 saturated heterocycles. The highest BCUT2D eigenvalue weighted by Gasteiger charge is 2.40. The number of carbonyl (C=O) groups is 3. The lowest BCUT2D eigenvalue weighted by atomic mass is 10.1. The summed E-state index contributed by atoms with van der Waals surface area (Å²) in [5, 5.41) is 9.03. The summed E-state index contributed by atoms with van der Waals surface area (Å²) in [4.78, 5) is 38.6. The first kappa shape index (κ1) is 22.0. The van der Waals surface area contributed by atoms with E-state index >= 15 is 0 Å². The average Bonchev–Trinajstić information content (AvgIpc) is 3.22. The Morgan fingerprint density at radius 3 is 2.50 bits per heavy atom. The number of hydrogen-bond donors (Lipinski definition) is 1. The minimum atomic E-state index is -4.46. The molecule has 0 aromatic heterocycles. The Bertz CT molecular complexity index is 771. The van der Waals surface area contributed by atoms with E-state index in [-0.39, 0.29) is 50.3 Å². The highest BCUT2D eigenvalue weighted by Crippen LogP contribution is 2.31. The SMILES string of the molecule is Cl.O=C(O)C1CCN(C(=O)C2CC(=O)N(Cc3cccc(C(F)(F)F)c3)C2)C1. The molecule has 2 heterocycles. The van der Waals surface area contributed by atoms with E-state index in [4.69, 9.17) is 5.11 Å². The third-order valence-electron chi connectivity index (χ3n) is 5.04. The highest BCUT2D eigenvalue weighted by atomic mass is 35.5. The van der Waals surface area contributed by atoms with Gasteiger partial charge in [-0.15, -0.1) is 12.4 Å². The van der Waals surface area contributed by atoms with Crippen LogP contribution in [0.1, 0.15) is 24.0 Å². The van der Waals surface area contributed by atoms with E-state index < -0.39 is 29.5 Å². The molecule has 2 fully saturated rings. The quantitative estimate of drug-likeness (QED) is 0.811. The number of amides is 2. The number of carboxylic acid groups (broad SMARTS) is 1. The molecule has 1 aromatic rings. The van der Waals surface area contributed by atoms with Crippen LogP contribution in [0.25, 0.3) is 0 Å². The molecule has 3 rings (SSSR count). The van der Waals surface area contributed by atoms with Gasteiger partial charge in [-0.25, -0.2) is 0 Å². The summed E-state index contributed by atoms with van der Waals surface area (Å²) in [5.41, 5.74) is -0.436. The molecule has 0 aliphatic carbocycles. The Kier molecular flexibility index (Phi) is 6.59. The van der Waals surface area contributed by atoms with Gasteiger partial charge in [-0.3, -0.25) is 14.4 Å². The van der Waals surface area contributed by atoms with Crippen molar-refractivity contribution in [3.8, 4) is 0 Å². The van der Waals surface area contributed by atoms with E-state index in [1.165, 1.54) is 21.9 Å². The van der Waals surface area contributed by atoms with Gasteiger partial charge in [0.1, 0.15) is 0 Å². The first-order chi connectivity index (χ1) is 12.6. The minimum absolute atomic E-state index is 0. The van der Waals surface area contributed by atoms with Crippen LogP contribution in [0.3, 0.4) is 0 Å². The van der Waals surface area contributed by atoms with Gasteiger partial charge in [0, 0.05) is 32.6 Å². The maximum absolute atomic E-state index is 12.8. The van der Waals surface area contributed by atoms with Crippen LogP contribution in [0.15, 0.2) is 24.3 Å². The molecular weight excluding hydrogens is 401 g/mol. The van der Waals surface area contributed by atoms with Crippen LogP contribution < -0.4 is 0 Å². The molecule has 2 unspecified atom stereocenters. The van der Waals surface area contributed by atoms with Crippen LogP contribution in [0.2, 0.25) is 0 Å². The summed E-state index contributed by atoms with van der Waals surface area (Å²) < 4.78 is 38.4. The number of aliphatic carboxylic acids is 1. The van der Waals surface area contributed by atoms with E-state index in [2.05, 4.69) is 0 Å². The summed E-state index contributed by atoms with van der Waals surface area (Å²) in [7, 11) is 0. The van der Waals surface area contributed by atoms with Crippen molar-refractivity contribution in [2.45, 2.75) is 25.6 Å². The number of likely N-dealkylation sites (tertiary alicyclic amines) is 2. The Balaban J connectivity index is 0.00000280. The van der Waals surface area contributed by atoms with Crippen LogP contribution in [-0.2, 0) is 27.1 Å². The maximum atomic E-state index is 12.8. The number of carbonyl (C=O) groups excluding carboxylic acids is 2. The maximum Gasteiger partial charge on any atom is 0.416 e. The zero-order valence-electron chi connectivity index (χ0n) is 14.8. The first-order valence-electron chi connectivity index (χ1n) is 8.60. The fourth-order valence-electron chi connectivity index (χ4n) is 3.58. The Morgan fingerprint density at radius 2 is 1.89 bits per heavy atom. The van der Waals surface area contributed by atoms with Crippen LogP contribution in [0.4, 0.5) is 13.2 Å². The zero-order chi connectivity index (χ0) is 19.8. The van der Waals surface area contributed by atoms with Crippen molar-refractivity contribution < 1.29 is 32.7 Å². The van der Waals surface area contributed by atoms with E-state index in [1.54, 1.807) is 0 Å². The third kappa shape index (κ3) is 4.76. The molecule has 1 aromatic carbocycles. The van der Waals surface area contributed by atoms with Crippen molar-refractivity contribution in [1.82, 2.24) is 9.80 Å². The van der Waals surface area contributed by atoms with Crippen molar-refractivity contribution >= 4 is 30.2 Å². The average molecular weight is 421 g/mol. The van der Waals surface area contributed by atoms with Crippen LogP contribution >= 0.6 is 12.4 Å². The van der Waals surface area contributed by atoms with Crippen molar-refractivity contribution in [2.75, 3.05) is 19.6 Å². The van der Waals surface area contributed by atoms with Gasteiger partial charge in [0.05, 0.1) is 17.4 Å². The van der Waals surface area contributed by atoms with Crippen molar-refractivity contribution in [2.24, 2.45) is 11.8 Å². The number of nitrogens with zero attached hydrogens (tertiary/aromatic N) is 2. The molecule has 154 valence electrons. The second kappa shape index (κ2) is 8.38. The van der Waals surface area contributed by atoms with Gasteiger partial charge < -0.3 is 14.9 Å². The Labute approximate surface area is 165 Å². The van der Waals surface area contributed by atoms with Gasteiger partial charge in [-0.2, -0.15) is 13.2 Å². The molecule has 2 atom stereocenters. The van der Waals surface area contributed by atoms with E-state index in [0.29, 0.717) is 18.5 Å².